The highest BCUT2D eigenvalue weighted by Gasteiger charge is 2.12. The molecule has 76 valence electrons. The molecule has 2 rings (SSSR count). The first-order valence-electron chi connectivity index (χ1n) is 4.72. The summed E-state index contributed by atoms with van der Waals surface area (Å²) in [7, 11) is 1.84. The predicted octanol–water partition coefficient (Wildman–Crippen LogP) is 0.355. The molecule has 5 nitrogen and oxygen atoms in total. The summed E-state index contributed by atoms with van der Waals surface area (Å²) in [6, 6.07) is 0. The van der Waals surface area contributed by atoms with Crippen LogP contribution in [-0.4, -0.2) is 43.3 Å². The zero-order valence-electron chi connectivity index (χ0n) is 8.23. The van der Waals surface area contributed by atoms with Crippen molar-refractivity contribution >= 4 is 11.6 Å². The van der Waals surface area contributed by atoms with Crippen LogP contribution < -0.4 is 10.2 Å². The average Bonchev–Trinajstić information content (AvgIpc) is 2.30. The van der Waals surface area contributed by atoms with Gasteiger partial charge in [-0.25, -0.2) is 4.98 Å². The van der Waals surface area contributed by atoms with Crippen molar-refractivity contribution in [1.82, 2.24) is 9.97 Å². The number of nitrogens with one attached hydrogen (secondary N) is 1. The fourth-order valence-corrected chi connectivity index (χ4v) is 1.42. The van der Waals surface area contributed by atoms with Gasteiger partial charge in [0.2, 0.25) is 0 Å². The van der Waals surface area contributed by atoms with Gasteiger partial charge in [0.05, 0.1) is 25.6 Å². The van der Waals surface area contributed by atoms with Crippen molar-refractivity contribution in [2.75, 3.05) is 43.6 Å². The summed E-state index contributed by atoms with van der Waals surface area (Å²) in [5.41, 5.74) is 0. The van der Waals surface area contributed by atoms with Crippen molar-refractivity contribution in [3.63, 3.8) is 0 Å². The van der Waals surface area contributed by atoms with E-state index in [1.165, 1.54) is 0 Å². The Morgan fingerprint density at radius 3 is 2.86 bits per heavy atom. The highest BCUT2D eigenvalue weighted by Crippen LogP contribution is 2.13. The lowest BCUT2D eigenvalue weighted by Gasteiger charge is -2.27. The lowest BCUT2D eigenvalue weighted by Crippen LogP contribution is -2.36. The van der Waals surface area contributed by atoms with Gasteiger partial charge < -0.3 is 15.0 Å². The molecule has 1 aliphatic heterocycles. The number of nitrogens with zero attached hydrogens (tertiary/aromatic N) is 3. The summed E-state index contributed by atoms with van der Waals surface area (Å²) in [4.78, 5) is 10.7. The molecule has 0 radical (unpaired) electrons. The quantitative estimate of drug-likeness (QED) is 0.736. The number of hydrogen-bond acceptors (Lipinski definition) is 5. The third-order valence-corrected chi connectivity index (χ3v) is 2.21. The second-order valence-corrected chi connectivity index (χ2v) is 3.11. The van der Waals surface area contributed by atoms with Crippen LogP contribution in [0.25, 0.3) is 0 Å². The number of ether oxygens (including phenoxy) is 1. The molecule has 1 saturated heterocycles. The van der Waals surface area contributed by atoms with Crippen molar-refractivity contribution in [1.29, 1.82) is 0 Å². The van der Waals surface area contributed by atoms with E-state index in [2.05, 4.69) is 20.2 Å². The van der Waals surface area contributed by atoms with Crippen molar-refractivity contribution < 1.29 is 4.74 Å². The molecule has 0 aromatic carbocycles. The Balaban J connectivity index is 2.13. The van der Waals surface area contributed by atoms with E-state index in [1.807, 2.05) is 7.05 Å². The molecule has 0 bridgehead atoms. The number of morpholine rings is 1. The van der Waals surface area contributed by atoms with E-state index in [9.17, 15) is 0 Å². The molecular formula is C9H14N4O. The fraction of sp³-hybridized carbons (Fsp3) is 0.556. The van der Waals surface area contributed by atoms with Gasteiger partial charge in [0.1, 0.15) is 11.6 Å². The predicted molar refractivity (Wildman–Crippen MR) is 54.6 cm³/mol. The van der Waals surface area contributed by atoms with Crippen molar-refractivity contribution in [2.45, 2.75) is 0 Å². The first-order valence-corrected chi connectivity index (χ1v) is 4.72. The van der Waals surface area contributed by atoms with Crippen LogP contribution in [-0.2, 0) is 4.74 Å². The summed E-state index contributed by atoms with van der Waals surface area (Å²) in [5.74, 6) is 1.72. The number of rotatable bonds is 2. The minimum absolute atomic E-state index is 0.769. The summed E-state index contributed by atoms with van der Waals surface area (Å²) >= 11 is 0. The van der Waals surface area contributed by atoms with Gasteiger partial charge in [-0.2, -0.15) is 0 Å². The molecule has 1 aromatic heterocycles. The minimum Gasteiger partial charge on any atom is -0.378 e. The second kappa shape index (κ2) is 4.23. The molecule has 0 saturated carbocycles. The third-order valence-electron chi connectivity index (χ3n) is 2.21. The number of hydrogen-bond donors (Lipinski definition) is 1. The molecule has 5 heteroatoms. The largest absolute Gasteiger partial charge is 0.378 e. The van der Waals surface area contributed by atoms with E-state index in [0.29, 0.717) is 0 Å². The van der Waals surface area contributed by atoms with Crippen LogP contribution in [0.15, 0.2) is 12.4 Å². The van der Waals surface area contributed by atoms with Gasteiger partial charge in [0, 0.05) is 20.1 Å². The van der Waals surface area contributed by atoms with Gasteiger partial charge in [0.25, 0.3) is 0 Å². The van der Waals surface area contributed by atoms with E-state index in [4.69, 9.17) is 4.74 Å². The third kappa shape index (κ3) is 1.93. The molecule has 1 fully saturated rings. The molecule has 0 spiro atoms. The normalized spacial score (nSPS) is 16.8. The van der Waals surface area contributed by atoms with Crippen LogP contribution >= 0.6 is 0 Å². The molecule has 14 heavy (non-hydrogen) atoms. The van der Waals surface area contributed by atoms with Gasteiger partial charge in [-0.15, -0.1) is 0 Å². The Morgan fingerprint density at radius 2 is 2.14 bits per heavy atom. The Labute approximate surface area is 83.1 Å². The summed E-state index contributed by atoms with van der Waals surface area (Å²) in [5, 5.41) is 2.97. The first kappa shape index (κ1) is 9.21. The molecule has 0 amide bonds. The van der Waals surface area contributed by atoms with Crippen LogP contribution in [0.4, 0.5) is 11.6 Å². The topological polar surface area (TPSA) is 50.3 Å². The van der Waals surface area contributed by atoms with E-state index in [1.54, 1.807) is 12.4 Å². The number of aromatic nitrogens is 2. The maximum absolute atomic E-state index is 5.27. The van der Waals surface area contributed by atoms with Crippen LogP contribution in [0.2, 0.25) is 0 Å². The Bertz CT molecular complexity index is 299. The minimum atomic E-state index is 0.769. The molecule has 2 heterocycles. The molecule has 0 unspecified atom stereocenters. The Morgan fingerprint density at radius 1 is 1.36 bits per heavy atom. The van der Waals surface area contributed by atoms with Gasteiger partial charge in [0.15, 0.2) is 0 Å². The standard InChI is InChI=1S/C9H14N4O/c1-10-8-6-11-7-9(12-8)13-2-4-14-5-3-13/h6-7H,2-5H2,1H3,(H,10,12). The second-order valence-electron chi connectivity index (χ2n) is 3.11. The lowest BCUT2D eigenvalue weighted by molar-refractivity contribution is 0.122. The fourth-order valence-electron chi connectivity index (χ4n) is 1.42. The summed E-state index contributed by atoms with van der Waals surface area (Å²) in [6.45, 7) is 3.32. The molecule has 1 N–H and O–H groups in total. The SMILES string of the molecule is CNc1cncc(N2CCOCC2)n1. The monoisotopic (exact) mass is 194 g/mol. The van der Waals surface area contributed by atoms with Gasteiger partial charge >= 0.3 is 0 Å². The molecule has 1 aromatic rings. The lowest BCUT2D eigenvalue weighted by atomic mass is 10.4. The molecule has 0 aliphatic carbocycles. The van der Waals surface area contributed by atoms with E-state index < -0.39 is 0 Å². The van der Waals surface area contributed by atoms with Crippen LogP contribution in [0.1, 0.15) is 0 Å². The zero-order valence-corrected chi connectivity index (χ0v) is 8.23. The van der Waals surface area contributed by atoms with Gasteiger partial charge in [-0.05, 0) is 0 Å². The molecule has 1 aliphatic rings. The van der Waals surface area contributed by atoms with E-state index in [-0.39, 0.29) is 0 Å². The average molecular weight is 194 g/mol. The molecular weight excluding hydrogens is 180 g/mol. The highest BCUT2D eigenvalue weighted by molar-refractivity contribution is 5.43. The zero-order chi connectivity index (χ0) is 9.80. The first-order chi connectivity index (χ1) is 6.90. The number of anilines is 2. The summed E-state index contributed by atoms with van der Waals surface area (Å²) < 4.78 is 5.27. The van der Waals surface area contributed by atoms with Gasteiger partial charge in [-0.1, -0.05) is 0 Å². The molecule has 0 atom stereocenters. The van der Waals surface area contributed by atoms with E-state index >= 15 is 0 Å². The highest BCUT2D eigenvalue weighted by atomic mass is 16.5. The Hall–Kier alpha value is -1.36. The van der Waals surface area contributed by atoms with Gasteiger partial charge in [-0.3, -0.25) is 4.98 Å². The van der Waals surface area contributed by atoms with Crippen LogP contribution in [0.5, 0.6) is 0 Å². The van der Waals surface area contributed by atoms with Crippen molar-refractivity contribution in [3.8, 4) is 0 Å². The van der Waals surface area contributed by atoms with Crippen LogP contribution in [0.3, 0.4) is 0 Å². The smallest absolute Gasteiger partial charge is 0.149 e. The maximum atomic E-state index is 5.27. The van der Waals surface area contributed by atoms with Crippen LogP contribution in [0, 0.1) is 0 Å². The maximum Gasteiger partial charge on any atom is 0.149 e. The van der Waals surface area contributed by atoms with Crippen molar-refractivity contribution in [2.24, 2.45) is 0 Å². The van der Waals surface area contributed by atoms with E-state index in [0.717, 1.165) is 37.9 Å². The summed E-state index contributed by atoms with van der Waals surface area (Å²) in [6.07, 6.45) is 3.50. The Kier molecular flexibility index (Phi) is 2.78. The van der Waals surface area contributed by atoms with Crippen molar-refractivity contribution in [3.05, 3.63) is 12.4 Å².